The van der Waals surface area contributed by atoms with Gasteiger partial charge in [-0.2, -0.15) is 0 Å². The summed E-state index contributed by atoms with van der Waals surface area (Å²) in [5.41, 5.74) is -0.0703. The standard InChI is InChI=1S/C15H21BrN2O2/c1-15(2)12-9(13(15)19)5-4-8-18(12)11-7-6-10(20-3)14(16)17-11/h6-7,9,12-13,19H,4-5,8H2,1-3H3/t9-,12+,13-/m0/s1. The lowest BCUT2D eigenvalue weighted by atomic mass is 9.54. The van der Waals surface area contributed by atoms with Crippen molar-refractivity contribution >= 4 is 21.7 Å². The van der Waals surface area contributed by atoms with Crippen molar-refractivity contribution in [3.8, 4) is 5.75 Å². The van der Waals surface area contributed by atoms with Gasteiger partial charge in [0, 0.05) is 23.9 Å². The van der Waals surface area contributed by atoms with E-state index in [1.165, 1.54) is 0 Å². The zero-order valence-electron chi connectivity index (χ0n) is 12.1. The first-order chi connectivity index (χ1) is 9.46. The Balaban J connectivity index is 1.91. The van der Waals surface area contributed by atoms with E-state index < -0.39 is 0 Å². The van der Waals surface area contributed by atoms with E-state index in [1.807, 2.05) is 12.1 Å². The van der Waals surface area contributed by atoms with E-state index in [9.17, 15) is 5.11 Å². The fraction of sp³-hybridized carbons (Fsp3) is 0.667. The molecule has 0 radical (unpaired) electrons. The van der Waals surface area contributed by atoms with Crippen LogP contribution in [0.3, 0.4) is 0 Å². The molecule has 1 aromatic rings. The highest BCUT2D eigenvalue weighted by molar-refractivity contribution is 9.10. The van der Waals surface area contributed by atoms with Crippen LogP contribution in [0.2, 0.25) is 0 Å². The highest BCUT2D eigenvalue weighted by Gasteiger charge is 2.59. The first kappa shape index (κ1) is 14.1. The Hall–Kier alpha value is -0.810. The summed E-state index contributed by atoms with van der Waals surface area (Å²) >= 11 is 3.46. The van der Waals surface area contributed by atoms with E-state index >= 15 is 0 Å². The van der Waals surface area contributed by atoms with Crippen molar-refractivity contribution in [1.29, 1.82) is 0 Å². The number of aromatic nitrogens is 1. The van der Waals surface area contributed by atoms with Gasteiger partial charge in [-0.3, -0.25) is 0 Å². The van der Waals surface area contributed by atoms with Gasteiger partial charge in [-0.1, -0.05) is 13.8 Å². The van der Waals surface area contributed by atoms with Crippen LogP contribution in [0.5, 0.6) is 5.75 Å². The molecule has 1 aliphatic carbocycles. The third-order valence-corrected chi connectivity index (χ3v) is 5.49. The molecule has 1 aromatic heterocycles. The number of aliphatic hydroxyl groups is 1. The molecule has 1 saturated carbocycles. The highest BCUT2D eigenvalue weighted by atomic mass is 79.9. The van der Waals surface area contributed by atoms with Crippen LogP contribution in [0.25, 0.3) is 0 Å². The molecular weight excluding hydrogens is 320 g/mol. The van der Waals surface area contributed by atoms with Crippen LogP contribution in [0, 0.1) is 11.3 Å². The topological polar surface area (TPSA) is 45.6 Å². The van der Waals surface area contributed by atoms with E-state index in [0.29, 0.717) is 12.0 Å². The van der Waals surface area contributed by atoms with Gasteiger partial charge in [0.05, 0.1) is 13.2 Å². The van der Waals surface area contributed by atoms with Crippen LogP contribution in [0.1, 0.15) is 26.7 Å². The molecule has 0 aromatic carbocycles. The van der Waals surface area contributed by atoms with Gasteiger partial charge in [-0.05, 0) is 40.9 Å². The number of pyridine rings is 1. The third kappa shape index (κ3) is 1.94. The summed E-state index contributed by atoms with van der Waals surface area (Å²) < 4.78 is 5.97. The summed E-state index contributed by atoms with van der Waals surface area (Å²) in [4.78, 5) is 6.97. The molecule has 4 nitrogen and oxygen atoms in total. The molecule has 1 N–H and O–H groups in total. The number of halogens is 1. The molecule has 20 heavy (non-hydrogen) atoms. The predicted octanol–water partition coefficient (Wildman–Crippen LogP) is 2.84. The monoisotopic (exact) mass is 340 g/mol. The number of anilines is 1. The van der Waals surface area contributed by atoms with Gasteiger partial charge in [0.15, 0.2) is 5.75 Å². The summed E-state index contributed by atoms with van der Waals surface area (Å²) in [6.07, 6.45) is 2.03. The number of methoxy groups -OCH3 is 1. The lowest BCUT2D eigenvalue weighted by molar-refractivity contribution is -0.132. The molecule has 110 valence electrons. The lowest BCUT2D eigenvalue weighted by Gasteiger charge is -2.62. The maximum atomic E-state index is 10.3. The summed E-state index contributed by atoms with van der Waals surface area (Å²) in [6.45, 7) is 5.30. The molecule has 1 saturated heterocycles. The highest BCUT2D eigenvalue weighted by Crippen LogP contribution is 2.53. The summed E-state index contributed by atoms with van der Waals surface area (Å²) in [5.74, 6) is 2.09. The van der Waals surface area contributed by atoms with E-state index in [2.05, 4.69) is 39.7 Å². The van der Waals surface area contributed by atoms with Crippen molar-refractivity contribution in [3.63, 3.8) is 0 Å². The Morgan fingerprint density at radius 3 is 2.85 bits per heavy atom. The number of aliphatic hydroxyl groups excluding tert-OH is 1. The fourth-order valence-electron chi connectivity index (χ4n) is 3.90. The number of hydrogen-bond donors (Lipinski definition) is 1. The van der Waals surface area contributed by atoms with Crippen molar-refractivity contribution in [2.24, 2.45) is 11.3 Å². The molecule has 0 amide bonds. The number of fused-ring (bicyclic) bond motifs is 1. The molecule has 5 heteroatoms. The van der Waals surface area contributed by atoms with Crippen LogP contribution in [-0.4, -0.2) is 35.9 Å². The van der Waals surface area contributed by atoms with Gasteiger partial charge in [0.1, 0.15) is 10.4 Å². The molecule has 0 unspecified atom stereocenters. The van der Waals surface area contributed by atoms with Crippen molar-refractivity contribution in [3.05, 3.63) is 16.7 Å². The molecule has 2 aliphatic rings. The molecule has 1 aliphatic heterocycles. The van der Waals surface area contributed by atoms with Crippen LogP contribution in [-0.2, 0) is 0 Å². The molecule has 3 rings (SSSR count). The van der Waals surface area contributed by atoms with E-state index in [-0.39, 0.29) is 11.5 Å². The average molecular weight is 341 g/mol. The predicted molar refractivity (Wildman–Crippen MR) is 82.1 cm³/mol. The van der Waals surface area contributed by atoms with E-state index in [1.54, 1.807) is 7.11 Å². The first-order valence-electron chi connectivity index (χ1n) is 7.12. The van der Waals surface area contributed by atoms with Gasteiger partial charge in [0.25, 0.3) is 0 Å². The molecule has 0 bridgehead atoms. The zero-order valence-corrected chi connectivity index (χ0v) is 13.7. The van der Waals surface area contributed by atoms with Crippen LogP contribution >= 0.6 is 15.9 Å². The number of rotatable bonds is 2. The minimum Gasteiger partial charge on any atom is -0.494 e. The molecular formula is C15H21BrN2O2. The minimum atomic E-state index is -0.197. The van der Waals surface area contributed by atoms with Crippen LogP contribution in [0.15, 0.2) is 16.7 Å². The second kappa shape index (κ2) is 4.88. The van der Waals surface area contributed by atoms with E-state index in [4.69, 9.17) is 4.74 Å². The minimum absolute atomic E-state index is 0.0703. The second-order valence-electron chi connectivity index (χ2n) is 6.37. The van der Waals surface area contributed by atoms with Crippen molar-refractivity contribution in [1.82, 2.24) is 4.98 Å². The first-order valence-corrected chi connectivity index (χ1v) is 7.91. The molecule has 0 spiro atoms. The number of ether oxygens (including phenoxy) is 1. The van der Waals surface area contributed by atoms with Crippen molar-refractivity contribution in [2.45, 2.75) is 38.8 Å². The summed E-state index contributed by atoms with van der Waals surface area (Å²) in [5, 5.41) is 10.3. The van der Waals surface area contributed by atoms with Gasteiger partial charge < -0.3 is 14.7 Å². The Morgan fingerprint density at radius 1 is 1.45 bits per heavy atom. The average Bonchev–Trinajstić information content (AvgIpc) is 2.46. The maximum absolute atomic E-state index is 10.3. The fourth-order valence-corrected chi connectivity index (χ4v) is 4.37. The van der Waals surface area contributed by atoms with Crippen molar-refractivity contribution in [2.75, 3.05) is 18.6 Å². The quantitative estimate of drug-likeness (QED) is 0.841. The van der Waals surface area contributed by atoms with Gasteiger partial charge in [-0.15, -0.1) is 0 Å². The van der Waals surface area contributed by atoms with Crippen LogP contribution in [0.4, 0.5) is 5.82 Å². The number of nitrogens with zero attached hydrogens (tertiary/aromatic N) is 2. The molecule has 3 atom stereocenters. The van der Waals surface area contributed by atoms with Gasteiger partial charge in [-0.25, -0.2) is 4.98 Å². The zero-order chi connectivity index (χ0) is 14.5. The maximum Gasteiger partial charge on any atom is 0.151 e. The SMILES string of the molecule is COc1ccc(N2CCC[C@@H]3[C@H](O)C(C)(C)[C@@H]32)nc1Br. The third-order valence-electron chi connectivity index (χ3n) is 4.92. The summed E-state index contributed by atoms with van der Waals surface area (Å²) in [7, 11) is 1.64. The van der Waals surface area contributed by atoms with Crippen molar-refractivity contribution < 1.29 is 9.84 Å². The molecule has 2 fully saturated rings. The molecule has 2 heterocycles. The van der Waals surface area contributed by atoms with Gasteiger partial charge in [0.2, 0.25) is 0 Å². The van der Waals surface area contributed by atoms with Gasteiger partial charge >= 0.3 is 0 Å². The smallest absolute Gasteiger partial charge is 0.151 e. The Morgan fingerprint density at radius 2 is 2.20 bits per heavy atom. The van der Waals surface area contributed by atoms with E-state index in [0.717, 1.165) is 35.6 Å². The Kier molecular flexibility index (Phi) is 3.45. The van der Waals surface area contributed by atoms with Crippen LogP contribution < -0.4 is 9.64 Å². The largest absolute Gasteiger partial charge is 0.494 e. The number of piperidine rings is 1. The second-order valence-corrected chi connectivity index (χ2v) is 7.12. The Bertz CT molecular complexity index is 521. The normalized spacial score (nSPS) is 31.4. The number of hydrogen-bond acceptors (Lipinski definition) is 4. The lowest BCUT2D eigenvalue weighted by Crippen LogP contribution is -2.70. The Labute approximate surface area is 128 Å². The summed E-state index contributed by atoms with van der Waals surface area (Å²) in [6, 6.07) is 4.32.